The van der Waals surface area contributed by atoms with E-state index in [4.69, 9.17) is 30.9 Å². The fourth-order valence-corrected chi connectivity index (χ4v) is 3.49. The zero-order valence-corrected chi connectivity index (χ0v) is 16.7. The summed E-state index contributed by atoms with van der Waals surface area (Å²) in [5, 5.41) is 9.09. The lowest BCUT2D eigenvalue weighted by Gasteiger charge is -2.09. The average Bonchev–Trinajstić information content (AvgIpc) is 3.32. The van der Waals surface area contributed by atoms with Crippen LogP contribution in [0.3, 0.4) is 0 Å². The molecular formula is C20H20ClF2N3O4. The second-order valence-corrected chi connectivity index (χ2v) is 7.38. The molecule has 0 saturated carbocycles. The standard InChI is InChI=1S/C20H20ClF2N3O4/c21-14-8-17-18(25-19(14)29-10-13-15(22)4-1-5-16(13)23)26-20(24-17)30-12-7-11(28-9-12)3-2-6-27/h1,4-5,8,11-12,27H,2-3,6-7,9-10H2,(H,24,25,26)/t11-,12+/m1/s1. The van der Waals surface area contributed by atoms with Crippen molar-refractivity contribution in [3.63, 3.8) is 0 Å². The number of pyridine rings is 1. The number of ether oxygens (including phenoxy) is 3. The lowest BCUT2D eigenvalue weighted by atomic mass is 10.1. The van der Waals surface area contributed by atoms with Gasteiger partial charge in [0.25, 0.3) is 6.01 Å². The largest absolute Gasteiger partial charge is 0.471 e. The Hall–Kier alpha value is -2.49. The van der Waals surface area contributed by atoms with E-state index in [2.05, 4.69) is 15.0 Å². The van der Waals surface area contributed by atoms with Crippen LogP contribution in [-0.2, 0) is 11.3 Å². The first kappa shape index (κ1) is 20.8. The summed E-state index contributed by atoms with van der Waals surface area (Å²) >= 11 is 6.19. The number of imidazole rings is 1. The third kappa shape index (κ3) is 4.63. The topological polar surface area (TPSA) is 89.5 Å². The van der Waals surface area contributed by atoms with Crippen LogP contribution < -0.4 is 9.47 Å². The van der Waals surface area contributed by atoms with E-state index >= 15 is 0 Å². The number of rotatable bonds is 8. The number of aliphatic hydroxyl groups is 1. The highest BCUT2D eigenvalue weighted by Gasteiger charge is 2.27. The molecule has 0 radical (unpaired) electrons. The van der Waals surface area contributed by atoms with Crippen LogP contribution in [0.25, 0.3) is 11.2 Å². The average molecular weight is 440 g/mol. The molecule has 0 unspecified atom stereocenters. The first-order valence-electron chi connectivity index (χ1n) is 9.54. The highest BCUT2D eigenvalue weighted by molar-refractivity contribution is 6.32. The molecule has 0 aliphatic carbocycles. The zero-order valence-electron chi connectivity index (χ0n) is 15.9. The molecule has 3 heterocycles. The van der Waals surface area contributed by atoms with Crippen molar-refractivity contribution >= 4 is 22.8 Å². The lowest BCUT2D eigenvalue weighted by Crippen LogP contribution is -2.17. The molecule has 2 atom stereocenters. The van der Waals surface area contributed by atoms with Gasteiger partial charge in [0, 0.05) is 13.0 Å². The Labute approximate surface area is 176 Å². The van der Waals surface area contributed by atoms with Gasteiger partial charge >= 0.3 is 0 Å². The number of hydrogen-bond donors (Lipinski definition) is 2. The van der Waals surface area contributed by atoms with Gasteiger partial charge in [-0.3, -0.25) is 0 Å². The van der Waals surface area contributed by atoms with Gasteiger partial charge < -0.3 is 24.3 Å². The molecule has 1 saturated heterocycles. The third-order valence-electron chi connectivity index (χ3n) is 4.79. The Kier molecular flexibility index (Phi) is 6.31. The molecule has 1 fully saturated rings. The van der Waals surface area contributed by atoms with Crippen molar-refractivity contribution in [2.45, 2.75) is 38.1 Å². The molecule has 3 aromatic rings. The van der Waals surface area contributed by atoms with Gasteiger partial charge in [-0.2, -0.15) is 9.97 Å². The number of hydrogen-bond acceptors (Lipinski definition) is 6. The maximum atomic E-state index is 13.8. The van der Waals surface area contributed by atoms with Crippen LogP contribution in [0, 0.1) is 11.6 Å². The number of aromatic amines is 1. The second kappa shape index (κ2) is 9.11. The first-order valence-corrected chi connectivity index (χ1v) is 9.92. The highest BCUT2D eigenvalue weighted by Crippen LogP contribution is 2.29. The summed E-state index contributed by atoms with van der Waals surface area (Å²) in [6.45, 7) is 0.207. The predicted molar refractivity (Wildman–Crippen MR) is 105 cm³/mol. The zero-order chi connectivity index (χ0) is 21.1. The Morgan fingerprint density at radius 1 is 1.27 bits per heavy atom. The Morgan fingerprint density at radius 3 is 2.83 bits per heavy atom. The van der Waals surface area contributed by atoms with Crippen molar-refractivity contribution in [2.75, 3.05) is 13.2 Å². The van der Waals surface area contributed by atoms with Crippen LogP contribution in [0.1, 0.15) is 24.8 Å². The maximum absolute atomic E-state index is 13.8. The predicted octanol–water partition coefficient (Wildman–Crippen LogP) is 3.78. The molecule has 1 aromatic carbocycles. The fraction of sp³-hybridized carbons (Fsp3) is 0.400. The summed E-state index contributed by atoms with van der Waals surface area (Å²) in [5.74, 6) is -1.41. The van der Waals surface area contributed by atoms with E-state index in [1.807, 2.05) is 0 Å². The van der Waals surface area contributed by atoms with E-state index in [9.17, 15) is 8.78 Å². The number of nitrogens with one attached hydrogen (secondary N) is 1. The van der Waals surface area contributed by atoms with Gasteiger partial charge in [0.05, 0.1) is 23.8 Å². The van der Waals surface area contributed by atoms with E-state index in [1.54, 1.807) is 6.07 Å². The molecule has 160 valence electrons. The van der Waals surface area contributed by atoms with Crippen molar-refractivity contribution in [1.82, 2.24) is 15.0 Å². The number of fused-ring (bicyclic) bond motifs is 1. The molecule has 0 bridgehead atoms. The molecule has 7 nitrogen and oxygen atoms in total. The summed E-state index contributed by atoms with van der Waals surface area (Å²) in [5.41, 5.74) is 0.628. The number of H-pyrrole nitrogens is 1. The number of nitrogens with zero attached hydrogens (tertiary/aromatic N) is 2. The number of halogens is 3. The van der Waals surface area contributed by atoms with Crippen LogP contribution in [-0.4, -0.2) is 45.5 Å². The van der Waals surface area contributed by atoms with Crippen LogP contribution >= 0.6 is 11.6 Å². The van der Waals surface area contributed by atoms with E-state index < -0.39 is 11.6 Å². The Morgan fingerprint density at radius 2 is 2.07 bits per heavy atom. The minimum absolute atomic E-state index is 0.0122. The SMILES string of the molecule is OCCC[C@@H]1C[C@H](Oc2nc3nc(OCc4c(F)cccc4F)c(Cl)cc3[nH]2)CO1. The molecule has 0 spiro atoms. The van der Waals surface area contributed by atoms with Gasteiger partial charge in [-0.25, -0.2) is 8.78 Å². The molecular weight excluding hydrogens is 420 g/mol. The molecule has 30 heavy (non-hydrogen) atoms. The van der Waals surface area contributed by atoms with Gasteiger partial charge in [0.2, 0.25) is 5.88 Å². The number of aromatic nitrogens is 3. The maximum Gasteiger partial charge on any atom is 0.296 e. The molecule has 2 N–H and O–H groups in total. The smallest absolute Gasteiger partial charge is 0.296 e. The van der Waals surface area contributed by atoms with Gasteiger partial charge in [-0.1, -0.05) is 17.7 Å². The van der Waals surface area contributed by atoms with Crippen molar-refractivity contribution in [3.05, 3.63) is 46.5 Å². The van der Waals surface area contributed by atoms with E-state index in [1.165, 1.54) is 6.07 Å². The van der Waals surface area contributed by atoms with Crippen molar-refractivity contribution in [1.29, 1.82) is 0 Å². The molecule has 2 aromatic heterocycles. The number of benzene rings is 1. The summed E-state index contributed by atoms with van der Waals surface area (Å²) in [6, 6.07) is 5.41. The van der Waals surface area contributed by atoms with Crippen molar-refractivity contribution < 1.29 is 28.1 Å². The number of aliphatic hydroxyl groups excluding tert-OH is 1. The normalized spacial score (nSPS) is 18.8. The summed E-state index contributed by atoms with van der Waals surface area (Å²) in [7, 11) is 0. The van der Waals surface area contributed by atoms with Crippen LogP contribution in [0.5, 0.6) is 11.9 Å². The van der Waals surface area contributed by atoms with Gasteiger partial charge in [0.15, 0.2) is 5.65 Å². The van der Waals surface area contributed by atoms with Crippen molar-refractivity contribution in [2.24, 2.45) is 0 Å². The van der Waals surface area contributed by atoms with Crippen LogP contribution in [0.4, 0.5) is 8.78 Å². The first-order chi connectivity index (χ1) is 14.5. The highest BCUT2D eigenvalue weighted by atomic mass is 35.5. The minimum Gasteiger partial charge on any atom is -0.471 e. The summed E-state index contributed by atoms with van der Waals surface area (Å²) < 4.78 is 44.5. The Bertz CT molecular complexity index is 1010. The molecule has 1 aliphatic heterocycles. The second-order valence-electron chi connectivity index (χ2n) is 6.97. The summed E-state index contributed by atoms with van der Waals surface area (Å²) in [4.78, 5) is 11.5. The monoisotopic (exact) mass is 439 g/mol. The van der Waals surface area contributed by atoms with E-state index in [0.717, 1.165) is 18.6 Å². The van der Waals surface area contributed by atoms with E-state index in [-0.39, 0.29) is 47.9 Å². The quantitative estimate of drug-likeness (QED) is 0.555. The van der Waals surface area contributed by atoms with Crippen LogP contribution in [0.15, 0.2) is 24.3 Å². The Balaban J connectivity index is 1.44. The van der Waals surface area contributed by atoms with Gasteiger partial charge in [-0.05, 0) is 31.0 Å². The molecule has 4 rings (SSSR count). The van der Waals surface area contributed by atoms with Crippen molar-refractivity contribution in [3.8, 4) is 11.9 Å². The summed E-state index contributed by atoms with van der Waals surface area (Å²) in [6.07, 6.45) is 2.05. The molecule has 0 amide bonds. The van der Waals surface area contributed by atoms with Crippen LogP contribution in [0.2, 0.25) is 5.02 Å². The molecule has 1 aliphatic rings. The lowest BCUT2D eigenvalue weighted by molar-refractivity contribution is 0.0828. The van der Waals surface area contributed by atoms with E-state index in [0.29, 0.717) is 30.6 Å². The van der Waals surface area contributed by atoms with Gasteiger partial charge in [0.1, 0.15) is 29.4 Å². The molecule has 10 heteroatoms. The fourth-order valence-electron chi connectivity index (χ4n) is 3.28. The minimum atomic E-state index is -0.710. The van der Waals surface area contributed by atoms with Gasteiger partial charge in [-0.15, -0.1) is 0 Å². The third-order valence-corrected chi connectivity index (χ3v) is 5.06.